The SMILES string of the molecule is COc1ccc(CO)cc1COCCC(C)(C)OC. The average molecular weight is 268 g/mol. The maximum atomic E-state index is 9.14. The minimum absolute atomic E-state index is 0.0215. The molecule has 1 aromatic rings. The molecule has 0 saturated carbocycles. The summed E-state index contributed by atoms with van der Waals surface area (Å²) in [5, 5.41) is 9.14. The van der Waals surface area contributed by atoms with Gasteiger partial charge in [-0.3, -0.25) is 0 Å². The van der Waals surface area contributed by atoms with Gasteiger partial charge in [-0.05, 0) is 38.0 Å². The molecule has 0 aliphatic rings. The number of ether oxygens (including phenoxy) is 3. The Morgan fingerprint density at radius 3 is 2.53 bits per heavy atom. The van der Waals surface area contributed by atoms with Gasteiger partial charge in [-0.1, -0.05) is 6.07 Å². The fourth-order valence-corrected chi connectivity index (χ4v) is 1.65. The highest BCUT2D eigenvalue weighted by Gasteiger charge is 2.15. The normalized spacial score (nSPS) is 11.6. The average Bonchev–Trinajstić information content (AvgIpc) is 2.43. The molecule has 0 radical (unpaired) electrons. The minimum Gasteiger partial charge on any atom is -0.496 e. The Morgan fingerprint density at radius 1 is 1.21 bits per heavy atom. The summed E-state index contributed by atoms with van der Waals surface area (Å²) < 4.78 is 16.3. The number of methoxy groups -OCH3 is 2. The van der Waals surface area contributed by atoms with Gasteiger partial charge in [-0.2, -0.15) is 0 Å². The molecule has 0 saturated heterocycles. The number of aliphatic hydroxyl groups excluding tert-OH is 1. The summed E-state index contributed by atoms with van der Waals surface area (Å²) >= 11 is 0. The summed E-state index contributed by atoms with van der Waals surface area (Å²) in [6.07, 6.45) is 0.825. The molecule has 0 aromatic heterocycles. The third-order valence-corrected chi connectivity index (χ3v) is 3.19. The fourth-order valence-electron chi connectivity index (χ4n) is 1.65. The summed E-state index contributed by atoms with van der Waals surface area (Å²) in [7, 11) is 3.33. The second kappa shape index (κ2) is 7.48. The number of hydrogen-bond acceptors (Lipinski definition) is 4. The van der Waals surface area contributed by atoms with Gasteiger partial charge in [0.2, 0.25) is 0 Å². The third-order valence-electron chi connectivity index (χ3n) is 3.19. The van der Waals surface area contributed by atoms with Crippen molar-refractivity contribution in [3.63, 3.8) is 0 Å². The smallest absolute Gasteiger partial charge is 0.124 e. The molecular weight excluding hydrogens is 244 g/mol. The zero-order chi connectivity index (χ0) is 14.3. The number of rotatable bonds is 8. The van der Waals surface area contributed by atoms with E-state index in [1.54, 1.807) is 14.2 Å². The molecule has 1 aromatic carbocycles. The molecular formula is C15H24O4. The van der Waals surface area contributed by atoms with Crippen molar-refractivity contribution in [2.75, 3.05) is 20.8 Å². The van der Waals surface area contributed by atoms with E-state index in [1.807, 2.05) is 32.0 Å². The van der Waals surface area contributed by atoms with E-state index in [1.165, 1.54) is 0 Å². The van der Waals surface area contributed by atoms with Crippen LogP contribution in [0.3, 0.4) is 0 Å². The second-order valence-electron chi connectivity index (χ2n) is 5.07. The van der Waals surface area contributed by atoms with Crippen LogP contribution in [-0.2, 0) is 22.7 Å². The Balaban J connectivity index is 2.52. The molecule has 4 nitrogen and oxygen atoms in total. The van der Waals surface area contributed by atoms with E-state index in [4.69, 9.17) is 19.3 Å². The van der Waals surface area contributed by atoms with Crippen LogP contribution >= 0.6 is 0 Å². The van der Waals surface area contributed by atoms with Crippen molar-refractivity contribution in [3.8, 4) is 5.75 Å². The molecule has 108 valence electrons. The molecule has 1 N–H and O–H groups in total. The predicted molar refractivity (Wildman–Crippen MR) is 74.3 cm³/mol. The summed E-state index contributed by atoms with van der Waals surface area (Å²) in [4.78, 5) is 0. The van der Waals surface area contributed by atoms with Crippen LogP contribution in [0.4, 0.5) is 0 Å². The topological polar surface area (TPSA) is 47.9 Å². The summed E-state index contributed by atoms with van der Waals surface area (Å²) in [5.41, 5.74) is 1.64. The maximum absolute atomic E-state index is 9.14. The first-order valence-electron chi connectivity index (χ1n) is 6.42. The third kappa shape index (κ3) is 5.19. The van der Waals surface area contributed by atoms with Crippen LogP contribution in [0.1, 0.15) is 31.4 Å². The Bertz CT molecular complexity index is 388. The van der Waals surface area contributed by atoms with Crippen molar-refractivity contribution in [2.24, 2.45) is 0 Å². The largest absolute Gasteiger partial charge is 0.496 e. The predicted octanol–water partition coefficient (Wildman–Crippen LogP) is 2.52. The van der Waals surface area contributed by atoms with Crippen LogP contribution < -0.4 is 4.74 Å². The molecule has 1 rings (SSSR count). The zero-order valence-corrected chi connectivity index (χ0v) is 12.2. The van der Waals surface area contributed by atoms with Crippen molar-refractivity contribution < 1.29 is 19.3 Å². The van der Waals surface area contributed by atoms with E-state index in [0.717, 1.165) is 23.3 Å². The van der Waals surface area contributed by atoms with E-state index in [-0.39, 0.29) is 12.2 Å². The van der Waals surface area contributed by atoms with Crippen LogP contribution in [0.2, 0.25) is 0 Å². The van der Waals surface area contributed by atoms with Gasteiger partial charge in [0.15, 0.2) is 0 Å². The molecule has 19 heavy (non-hydrogen) atoms. The molecule has 4 heteroatoms. The molecule has 0 aliphatic heterocycles. The molecule has 0 amide bonds. The van der Waals surface area contributed by atoms with Crippen LogP contribution in [0.25, 0.3) is 0 Å². The van der Waals surface area contributed by atoms with Gasteiger partial charge < -0.3 is 19.3 Å². The lowest BCUT2D eigenvalue weighted by Gasteiger charge is -2.22. The summed E-state index contributed by atoms with van der Waals surface area (Å²) in [6, 6.07) is 5.60. The van der Waals surface area contributed by atoms with E-state index < -0.39 is 0 Å². The molecule has 0 unspecified atom stereocenters. The summed E-state index contributed by atoms with van der Waals surface area (Å²) in [6.45, 7) is 5.17. The van der Waals surface area contributed by atoms with E-state index in [2.05, 4.69) is 0 Å². The van der Waals surface area contributed by atoms with E-state index >= 15 is 0 Å². The van der Waals surface area contributed by atoms with Gasteiger partial charge >= 0.3 is 0 Å². The first-order valence-corrected chi connectivity index (χ1v) is 6.42. The lowest BCUT2D eigenvalue weighted by atomic mass is 10.1. The molecule has 0 bridgehead atoms. The van der Waals surface area contributed by atoms with Crippen molar-refractivity contribution in [3.05, 3.63) is 29.3 Å². The van der Waals surface area contributed by atoms with Crippen molar-refractivity contribution in [2.45, 2.75) is 39.1 Å². The highest BCUT2D eigenvalue weighted by molar-refractivity contribution is 5.36. The van der Waals surface area contributed by atoms with Gasteiger partial charge in [0.05, 0.1) is 25.9 Å². The fraction of sp³-hybridized carbons (Fsp3) is 0.600. The van der Waals surface area contributed by atoms with Crippen molar-refractivity contribution in [1.82, 2.24) is 0 Å². The zero-order valence-electron chi connectivity index (χ0n) is 12.2. The van der Waals surface area contributed by atoms with Crippen LogP contribution in [0.5, 0.6) is 5.75 Å². The first-order chi connectivity index (χ1) is 9.02. The summed E-state index contributed by atoms with van der Waals surface area (Å²) in [5.74, 6) is 0.781. The van der Waals surface area contributed by atoms with Crippen molar-refractivity contribution >= 4 is 0 Å². The van der Waals surface area contributed by atoms with Crippen LogP contribution in [0.15, 0.2) is 18.2 Å². The lowest BCUT2D eigenvalue weighted by molar-refractivity contribution is -0.0126. The standard InChI is InChI=1S/C15H24O4/c1-15(2,18-4)7-8-19-11-13-9-12(10-16)5-6-14(13)17-3/h5-6,9,16H,7-8,10-11H2,1-4H3. The molecule has 0 atom stereocenters. The molecule has 0 fully saturated rings. The number of hydrogen-bond donors (Lipinski definition) is 1. The maximum Gasteiger partial charge on any atom is 0.124 e. The van der Waals surface area contributed by atoms with Gasteiger partial charge in [0.25, 0.3) is 0 Å². The van der Waals surface area contributed by atoms with Crippen LogP contribution in [-0.4, -0.2) is 31.5 Å². The van der Waals surface area contributed by atoms with Gasteiger partial charge in [0.1, 0.15) is 5.75 Å². The monoisotopic (exact) mass is 268 g/mol. The molecule has 0 spiro atoms. The van der Waals surface area contributed by atoms with Crippen LogP contribution in [0, 0.1) is 0 Å². The molecule has 0 heterocycles. The van der Waals surface area contributed by atoms with Gasteiger partial charge in [0, 0.05) is 19.3 Å². The second-order valence-corrected chi connectivity index (χ2v) is 5.07. The lowest BCUT2D eigenvalue weighted by Crippen LogP contribution is -2.24. The Labute approximate surface area is 115 Å². The highest BCUT2D eigenvalue weighted by atomic mass is 16.5. The van der Waals surface area contributed by atoms with Gasteiger partial charge in [-0.15, -0.1) is 0 Å². The van der Waals surface area contributed by atoms with E-state index in [9.17, 15) is 0 Å². The Morgan fingerprint density at radius 2 is 1.95 bits per heavy atom. The van der Waals surface area contributed by atoms with Crippen molar-refractivity contribution in [1.29, 1.82) is 0 Å². The minimum atomic E-state index is -0.170. The Hall–Kier alpha value is -1.10. The highest BCUT2D eigenvalue weighted by Crippen LogP contribution is 2.21. The van der Waals surface area contributed by atoms with Gasteiger partial charge in [-0.25, -0.2) is 0 Å². The number of aliphatic hydroxyl groups is 1. The molecule has 0 aliphatic carbocycles. The first kappa shape index (κ1) is 16.0. The van der Waals surface area contributed by atoms with E-state index in [0.29, 0.717) is 13.2 Å². The quantitative estimate of drug-likeness (QED) is 0.736. The number of benzene rings is 1. The Kier molecular flexibility index (Phi) is 6.28.